The van der Waals surface area contributed by atoms with Gasteiger partial charge in [-0.3, -0.25) is 4.79 Å². The standard InChI is InChI=1S/C32H39N3O3/c1-32(2,3)31-30(38)28(25-7-5-8-27(37)29(25)33-31)22-10-12-24(13-11-22)34(4)16-6-17-35-18-15-23-19-21(20-36)9-14-26(23)35/h5,7-9,14-15,18-20,22,24,37-38H,6,10-13,16-17H2,1-4H3. The average Bonchev–Trinajstić information content (AvgIpc) is 3.30. The summed E-state index contributed by atoms with van der Waals surface area (Å²) in [6.07, 6.45) is 8.22. The number of phenols is 1. The van der Waals surface area contributed by atoms with E-state index in [1.54, 1.807) is 6.07 Å². The van der Waals surface area contributed by atoms with E-state index in [1.807, 2.05) is 30.3 Å². The maximum absolute atomic E-state index is 11.4. The lowest BCUT2D eigenvalue weighted by molar-refractivity contribution is 0.112. The van der Waals surface area contributed by atoms with Crippen molar-refractivity contribution < 1.29 is 15.0 Å². The zero-order chi connectivity index (χ0) is 27.0. The van der Waals surface area contributed by atoms with Gasteiger partial charge in [0.05, 0.1) is 5.69 Å². The Morgan fingerprint density at radius 2 is 1.84 bits per heavy atom. The maximum atomic E-state index is 11.4. The van der Waals surface area contributed by atoms with Gasteiger partial charge in [-0.2, -0.15) is 0 Å². The van der Waals surface area contributed by atoms with Crippen molar-refractivity contribution in [1.29, 1.82) is 0 Å². The van der Waals surface area contributed by atoms with Crippen molar-refractivity contribution in [2.24, 2.45) is 0 Å². The SMILES string of the molecule is CN(CCCn1ccc2cc(C=O)ccc21)C1CCC(c2c(O)c(C(C)(C)C)nc3c(O)cccc23)CC1. The lowest BCUT2D eigenvalue weighted by Gasteiger charge is -2.36. The number of hydrogen-bond donors (Lipinski definition) is 2. The summed E-state index contributed by atoms with van der Waals surface area (Å²) < 4.78 is 2.27. The first-order valence-corrected chi connectivity index (χ1v) is 13.8. The number of aromatic nitrogens is 2. The first kappa shape index (κ1) is 26.2. The molecule has 0 saturated heterocycles. The molecule has 38 heavy (non-hydrogen) atoms. The number of para-hydroxylation sites is 1. The molecule has 2 heterocycles. The van der Waals surface area contributed by atoms with Crippen LogP contribution in [0.4, 0.5) is 0 Å². The van der Waals surface area contributed by atoms with Crippen LogP contribution in [0, 0.1) is 0 Å². The van der Waals surface area contributed by atoms with E-state index in [0.717, 1.165) is 67.8 Å². The third-order valence-electron chi connectivity index (χ3n) is 8.29. The number of rotatable bonds is 7. The summed E-state index contributed by atoms with van der Waals surface area (Å²) in [6, 6.07) is 14.0. The van der Waals surface area contributed by atoms with Crippen LogP contribution in [0.3, 0.4) is 0 Å². The van der Waals surface area contributed by atoms with Crippen molar-refractivity contribution in [3.05, 3.63) is 65.5 Å². The van der Waals surface area contributed by atoms with Gasteiger partial charge in [0.2, 0.25) is 0 Å². The highest BCUT2D eigenvalue weighted by Crippen LogP contribution is 2.46. The zero-order valence-electron chi connectivity index (χ0n) is 22.9. The number of nitrogens with zero attached hydrogens (tertiary/aromatic N) is 3. The Kier molecular flexibility index (Phi) is 7.19. The first-order valence-electron chi connectivity index (χ1n) is 13.8. The Morgan fingerprint density at radius 3 is 2.55 bits per heavy atom. The summed E-state index contributed by atoms with van der Waals surface area (Å²) in [7, 11) is 2.23. The molecular weight excluding hydrogens is 474 g/mol. The Morgan fingerprint density at radius 1 is 1.08 bits per heavy atom. The highest BCUT2D eigenvalue weighted by molar-refractivity contribution is 5.90. The van der Waals surface area contributed by atoms with Crippen molar-refractivity contribution in [2.45, 2.75) is 76.8 Å². The van der Waals surface area contributed by atoms with E-state index in [-0.39, 0.29) is 17.1 Å². The van der Waals surface area contributed by atoms with E-state index < -0.39 is 0 Å². The molecule has 1 fully saturated rings. The number of carbonyl (C=O) groups excluding carboxylic acids is 1. The molecule has 0 unspecified atom stereocenters. The smallest absolute Gasteiger partial charge is 0.150 e. The van der Waals surface area contributed by atoms with Crippen molar-refractivity contribution in [2.75, 3.05) is 13.6 Å². The Hall–Kier alpha value is -3.38. The van der Waals surface area contributed by atoms with E-state index in [4.69, 9.17) is 4.98 Å². The topological polar surface area (TPSA) is 78.6 Å². The van der Waals surface area contributed by atoms with E-state index in [9.17, 15) is 15.0 Å². The molecule has 2 aromatic heterocycles. The van der Waals surface area contributed by atoms with Crippen LogP contribution in [0.5, 0.6) is 11.5 Å². The number of carbonyl (C=O) groups is 1. The molecule has 0 amide bonds. The van der Waals surface area contributed by atoms with Crippen LogP contribution >= 0.6 is 0 Å². The minimum atomic E-state index is -0.325. The number of hydrogen-bond acceptors (Lipinski definition) is 5. The molecule has 1 aliphatic carbocycles. The number of fused-ring (bicyclic) bond motifs is 2. The molecule has 0 spiro atoms. The summed E-state index contributed by atoms with van der Waals surface area (Å²) >= 11 is 0. The molecule has 0 atom stereocenters. The second-order valence-electron chi connectivity index (χ2n) is 11.9. The van der Waals surface area contributed by atoms with Crippen LogP contribution in [-0.2, 0) is 12.0 Å². The molecule has 0 aliphatic heterocycles. The number of aryl methyl sites for hydroxylation is 1. The Balaban J connectivity index is 1.25. The van der Waals surface area contributed by atoms with Crippen LogP contribution in [-0.4, -0.2) is 50.6 Å². The van der Waals surface area contributed by atoms with Crippen LogP contribution in [0.1, 0.15) is 80.4 Å². The molecule has 1 saturated carbocycles. The summed E-state index contributed by atoms with van der Waals surface area (Å²) in [5.41, 5.74) is 3.75. The van der Waals surface area contributed by atoms with Crippen molar-refractivity contribution in [1.82, 2.24) is 14.5 Å². The van der Waals surface area contributed by atoms with Crippen LogP contribution in [0.2, 0.25) is 0 Å². The Bertz CT molecular complexity index is 1460. The van der Waals surface area contributed by atoms with E-state index >= 15 is 0 Å². The Labute approximate surface area is 224 Å². The minimum absolute atomic E-state index is 0.169. The highest BCUT2D eigenvalue weighted by atomic mass is 16.3. The summed E-state index contributed by atoms with van der Waals surface area (Å²) in [4.78, 5) is 18.3. The second-order valence-corrected chi connectivity index (χ2v) is 11.9. The molecule has 5 rings (SSSR count). The third-order valence-corrected chi connectivity index (χ3v) is 8.29. The average molecular weight is 514 g/mol. The molecule has 2 aromatic carbocycles. The number of aldehydes is 1. The summed E-state index contributed by atoms with van der Waals surface area (Å²) in [5, 5.41) is 23.9. The van der Waals surface area contributed by atoms with Crippen LogP contribution in [0.15, 0.2) is 48.7 Å². The molecular formula is C32H39N3O3. The van der Waals surface area contributed by atoms with Gasteiger partial charge in [0.1, 0.15) is 23.3 Å². The normalized spacial score (nSPS) is 18.4. The fourth-order valence-electron chi connectivity index (χ4n) is 6.19. The fourth-order valence-corrected chi connectivity index (χ4v) is 6.19. The molecule has 6 heteroatoms. The largest absolute Gasteiger partial charge is 0.506 e. The van der Waals surface area contributed by atoms with Crippen molar-refractivity contribution >= 4 is 28.1 Å². The third kappa shape index (κ3) is 5.02. The predicted molar refractivity (Wildman–Crippen MR) is 153 cm³/mol. The van der Waals surface area contributed by atoms with E-state index in [0.29, 0.717) is 28.6 Å². The lowest BCUT2D eigenvalue weighted by atomic mass is 9.78. The lowest BCUT2D eigenvalue weighted by Crippen LogP contribution is -2.35. The van der Waals surface area contributed by atoms with Crippen molar-refractivity contribution in [3.63, 3.8) is 0 Å². The molecule has 200 valence electrons. The maximum Gasteiger partial charge on any atom is 0.150 e. The predicted octanol–water partition coefficient (Wildman–Crippen LogP) is 6.76. The first-order chi connectivity index (χ1) is 18.2. The monoisotopic (exact) mass is 513 g/mol. The van der Waals surface area contributed by atoms with Gasteiger partial charge in [-0.25, -0.2) is 4.98 Å². The fraction of sp³-hybridized carbons (Fsp3) is 0.438. The van der Waals surface area contributed by atoms with Gasteiger partial charge in [0, 0.05) is 51.6 Å². The molecule has 2 N–H and O–H groups in total. The molecule has 0 bridgehead atoms. The summed E-state index contributed by atoms with van der Waals surface area (Å²) in [5.74, 6) is 0.712. The van der Waals surface area contributed by atoms with Crippen LogP contribution < -0.4 is 0 Å². The molecule has 6 nitrogen and oxygen atoms in total. The number of phenolic OH excluding ortho intramolecular Hbond substituents is 1. The van der Waals surface area contributed by atoms with Gasteiger partial charge in [-0.05, 0) is 81.9 Å². The van der Waals surface area contributed by atoms with Gasteiger partial charge < -0.3 is 19.7 Å². The molecule has 0 radical (unpaired) electrons. The number of pyridine rings is 1. The zero-order valence-corrected chi connectivity index (χ0v) is 22.9. The van der Waals surface area contributed by atoms with Crippen LogP contribution in [0.25, 0.3) is 21.8 Å². The molecule has 1 aliphatic rings. The van der Waals surface area contributed by atoms with Gasteiger partial charge in [0.15, 0.2) is 0 Å². The van der Waals surface area contributed by atoms with Gasteiger partial charge in [-0.1, -0.05) is 32.9 Å². The quantitative estimate of drug-likeness (QED) is 0.267. The minimum Gasteiger partial charge on any atom is -0.506 e. The van der Waals surface area contributed by atoms with Gasteiger partial charge >= 0.3 is 0 Å². The van der Waals surface area contributed by atoms with Gasteiger partial charge in [-0.15, -0.1) is 0 Å². The number of benzene rings is 2. The van der Waals surface area contributed by atoms with E-state index in [1.165, 1.54) is 5.52 Å². The van der Waals surface area contributed by atoms with Gasteiger partial charge in [0.25, 0.3) is 0 Å². The molecule has 4 aromatic rings. The van der Waals surface area contributed by atoms with Crippen molar-refractivity contribution in [3.8, 4) is 11.5 Å². The number of aromatic hydroxyl groups is 2. The highest BCUT2D eigenvalue weighted by Gasteiger charge is 2.32. The van der Waals surface area contributed by atoms with E-state index in [2.05, 4.69) is 49.5 Å². The second kappa shape index (κ2) is 10.4. The summed E-state index contributed by atoms with van der Waals surface area (Å²) in [6.45, 7) is 8.12.